The Morgan fingerprint density at radius 2 is 1.70 bits per heavy atom. The van der Waals surface area contributed by atoms with Crippen LogP contribution in [0.5, 0.6) is 0 Å². The number of hydrogen-bond acceptors (Lipinski definition) is 4. The molecular formula is C18H25N3O2. The summed E-state index contributed by atoms with van der Waals surface area (Å²) in [7, 11) is 2.15. The van der Waals surface area contributed by atoms with Gasteiger partial charge in [0.25, 0.3) is 0 Å². The molecule has 0 amide bonds. The van der Waals surface area contributed by atoms with Gasteiger partial charge in [0.15, 0.2) is 0 Å². The van der Waals surface area contributed by atoms with Crippen molar-refractivity contribution in [2.24, 2.45) is 0 Å². The zero-order valence-electron chi connectivity index (χ0n) is 14.4. The van der Waals surface area contributed by atoms with Crippen molar-refractivity contribution in [1.29, 1.82) is 0 Å². The molecule has 0 atom stereocenters. The van der Waals surface area contributed by atoms with Gasteiger partial charge in [-0.05, 0) is 40.0 Å². The summed E-state index contributed by atoms with van der Waals surface area (Å²) in [6.07, 6.45) is 3.34. The van der Waals surface area contributed by atoms with Gasteiger partial charge in [-0.1, -0.05) is 6.07 Å². The third-order valence-corrected chi connectivity index (χ3v) is 4.10. The molecule has 1 aromatic heterocycles. The number of anilines is 1. The van der Waals surface area contributed by atoms with Gasteiger partial charge < -0.3 is 14.5 Å². The highest BCUT2D eigenvalue weighted by Crippen LogP contribution is 2.24. The average molecular weight is 315 g/mol. The monoisotopic (exact) mass is 315 g/mol. The van der Waals surface area contributed by atoms with Gasteiger partial charge in [0, 0.05) is 55.0 Å². The number of fused-ring (bicyclic) bond motifs is 1. The molecule has 0 spiro atoms. The van der Waals surface area contributed by atoms with E-state index >= 15 is 0 Å². The smallest absolute Gasteiger partial charge is 0.418 e. The molecule has 0 radical (unpaired) electrons. The SMILES string of the molecule is CN1CCN(c2ccc3cn(C(=O)OC(C)(C)C)cc3c2)CC1. The van der Waals surface area contributed by atoms with E-state index < -0.39 is 5.60 Å². The summed E-state index contributed by atoms with van der Waals surface area (Å²) in [5.41, 5.74) is 0.728. The summed E-state index contributed by atoms with van der Waals surface area (Å²) in [5.74, 6) is 0. The van der Waals surface area contributed by atoms with E-state index in [1.54, 1.807) is 0 Å². The minimum atomic E-state index is -0.488. The van der Waals surface area contributed by atoms with Crippen molar-refractivity contribution in [2.45, 2.75) is 26.4 Å². The van der Waals surface area contributed by atoms with Crippen LogP contribution >= 0.6 is 0 Å². The Bertz CT molecular complexity index is 707. The van der Waals surface area contributed by atoms with Crippen molar-refractivity contribution in [3.63, 3.8) is 0 Å². The Morgan fingerprint density at radius 1 is 1.04 bits per heavy atom. The Kier molecular flexibility index (Phi) is 4.06. The van der Waals surface area contributed by atoms with Crippen LogP contribution in [0.3, 0.4) is 0 Å². The van der Waals surface area contributed by atoms with Gasteiger partial charge in [0.05, 0.1) is 0 Å². The lowest BCUT2D eigenvalue weighted by atomic mass is 10.2. The molecule has 0 bridgehead atoms. The van der Waals surface area contributed by atoms with Crippen molar-refractivity contribution in [3.8, 4) is 0 Å². The number of nitrogens with zero attached hydrogens (tertiary/aromatic N) is 3. The van der Waals surface area contributed by atoms with Crippen molar-refractivity contribution < 1.29 is 9.53 Å². The molecule has 3 rings (SSSR count). The Morgan fingerprint density at radius 3 is 2.35 bits per heavy atom. The van der Waals surface area contributed by atoms with Gasteiger partial charge in [0.2, 0.25) is 0 Å². The van der Waals surface area contributed by atoms with Crippen LogP contribution in [0.4, 0.5) is 10.5 Å². The third kappa shape index (κ3) is 3.67. The Hall–Kier alpha value is -2.01. The van der Waals surface area contributed by atoms with Crippen molar-refractivity contribution in [2.75, 3.05) is 38.1 Å². The number of piperazine rings is 1. The third-order valence-electron chi connectivity index (χ3n) is 4.10. The van der Waals surface area contributed by atoms with Gasteiger partial charge in [0.1, 0.15) is 5.60 Å². The normalized spacial score (nSPS) is 16.8. The highest BCUT2D eigenvalue weighted by molar-refractivity contribution is 5.89. The molecule has 1 fully saturated rings. The average Bonchev–Trinajstić information content (AvgIpc) is 2.89. The van der Waals surface area contributed by atoms with E-state index in [2.05, 4.69) is 35.0 Å². The Labute approximate surface area is 137 Å². The molecule has 0 N–H and O–H groups in total. The molecule has 0 aliphatic carbocycles. The molecular weight excluding hydrogens is 290 g/mol. The van der Waals surface area contributed by atoms with Crippen LogP contribution in [0.25, 0.3) is 10.8 Å². The quantitative estimate of drug-likeness (QED) is 0.810. The predicted molar refractivity (Wildman–Crippen MR) is 93.3 cm³/mol. The number of carbonyl (C=O) groups is 1. The first-order valence-corrected chi connectivity index (χ1v) is 8.10. The largest absolute Gasteiger partial charge is 0.443 e. The molecule has 2 aromatic rings. The molecule has 5 nitrogen and oxygen atoms in total. The molecule has 0 unspecified atom stereocenters. The second-order valence-electron chi connectivity index (χ2n) is 7.25. The lowest BCUT2D eigenvalue weighted by Gasteiger charge is -2.34. The van der Waals surface area contributed by atoms with Crippen molar-refractivity contribution in [1.82, 2.24) is 9.47 Å². The number of ether oxygens (including phenoxy) is 1. The maximum Gasteiger partial charge on any atom is 0.418 e. The molecule has 124 valence electrons. The van der Waals surface area contributed by atoms with Crippen LogP contribution in [0, 0.1) is 0 Å². The maximum absolute atomic E-state index is 12.2. The van der Waals surface area contributed by atoms with Gasteiger partial charge >= 0.3 is 6.09 Å². The van der Waals surface area contributed by atoms with Crippen molar-refractivity contribution >= 4 is 22.6 Å². The summed E-state index contributed by atoms with van der Waals surface area (Å²) in [6, 6.07) is 6.36. The number of carbonyl (C=O) groups excluding carboxylic acids is 1. The van der Waals surface area contributed by atoms with E-state index in [0.29, 0.717) is 0 Å². The summed E-state index contributed by atoms with van der Waals surface area (Å²) in [6.45, 7) is 9.86. The summed E-state index contributed by atoms with van der Waals surface area (Å²) >= 11 is 0. The fourth-order valence-electron chi connectivity index (χ4n) is 2.81. The van der Waals surface area contributed by atoms with Crippen LogP contribution in [-0.2, 0) is 4.74 Å². The van der Waals surface area contributed by atoms with E-state index in [1.165, 1.54) is 10.3 Å². The van der Waals surface area contributed by atoms with Gasteiger partial charge in [-0.2, -0.15) is 0 Å². The summed E-state index contributed by atoms with van der Waals surface area (Å²) in [4.78, 5) is 16.9. The molecule has 1 aliphatic rings. The molecule has 1 aliphatic heterocycles. The number of aromatic nitrogens is 1. The van der Waals surface area contributed by atoms with Crippen LogP contribution in [0.15, 0.2) is 30.6 Å². The number of rotatable bonds is 1. The first-order chi connectivity index (χ1) is 10.8. The molecule has 1 saturated heterocycles. The first kappa shape index (κ1) is 15.9. The number of benzene rings is 1. The van der Waals surface area contributed by atoms with Crippen LogP contribution in [0.2, 0.25) is 0 Å². The first-order valence-electron chi connectivity index (χ1n) is 8.10. The maximum atomic E-state index is 12.2. The number of likely N-dealkylation sites (N-methyl/N-ethyl adjacent to an activating group) is 1. The van der Waals surface area contributed by atoms with Crippen molar-refractivity contribution in [3.05, 3.63) is 30.6 Å². The van der Waals surface area contributed by atoms with Gasteiger partial charge in [-0.25, -0.2) is 4.79 Å². The lowest BCUT2D eigenvalue weighted by Crippen LogP contribution is -2.44. The van der Waals surface area contributed by atoms with E-state index in [9.17, 15) is 4.79 Å². The topological polar surface area (TPSA) is 37.7 Å². The fraction of sp³-hybridized carbons (Fsp3) is 0.500. The minimum Gasteiger partial charge on any atom is -0.443 e. The highest BCUT2D eigenvalue weighted by atomic mass is 16.6. The molecule has 5 heteroatoms. The highest BCUT2D eigenvalue weighted by Gasteiger charge is 2.19. The summed E-state index contributed by atoms with van der Waals surface area (Å²) < 4.78 is 6.95. The zero-order valence-corrected chi connectivity index (χ0v) is 14.4. The molecule has 2 heterocycles. The van der Waals surface area contributed by atoms with Gasteiger partial charge in [-0.3, -0.25) is 4.57 Å². The van der Waals surface area contributed by atoms with E-state index in [-0.39, 0.29) is 6.09 Å². The summed E-state index contributed by atoms with van der Waals surface area (Å²) in [5, 5.41) is 2.11. The molecule has 23 heavy (non-hydrogen) atoms. The second kappa shape index (κ2) is 5.89. The van der Waals surface area contributed by atoms with Crippen LogP contribution in [-0.4, -0.2) is 54.4 Å². The van der Waals surface area contributed by atoms with E-state index in [1.807, 2.05) is 33.2 Å². The Balaban J connectivity index is 1.82. The minimum absolute atomic E-state index is 0.338. The fourth-order valence-corrected chi connectivity index (χ4v) is 2.81. The predicted octanol–water partition coefficient (Wildman–Crippen LogP) is 3.18. The second-order valence-corrected chi connectivity index (χ2v) is 7.25. The number of hydrogen-bond donors (Lipinski definition) is 0. The molecule has 0 saturated carbocycles. The van der Waals surface area contributed by atoms with Crippen LogP contribution < -0.4 is 4.90 Å². The molecule has 1 aromatic carbocycles. The van der Waals surface area contributed by atoms with E-state index in [4.69, 9.17) is 4.74 Å². The standard InChI is InChI=1S/C18H25N3O2/c1-18(2,3)23-17(22)21-12-14-5-6-16(11-15(14)13-21)20-9-7-19(4)8-10-20/h5-6,11-13H,7-10H2,1-4H3. The lowest BCUT2D eigenvalue weighted by molar-refractivity contribution is 0.0538. The van der Waals surface area contributed by atoms with Gasteiger partial charge in [-0.15, -0.1) is 0 Å². The van der Waals surface area contributed by atoms with Crippen LogP contribution in [0.1, 0.15) is 20.8 Å². The van der Waals surface area contributed by atoms with E-state index in [0.717, 1.165) is 37.0 Å². The zero-order chi connectivity index (χ0) is 16.6.